The van der Waals surface area contributed by atoms with Gasteiger partial charge in [0.05, 0.1) is 11.0 Å². The maximum atomic E-state index is 9.39. The predicted molar refractivity (Wildman–Crippen MR) is 88.2 cm³/mol. The molecule has 3 aromatic carbocycles. The number of para-hydroxylation sites is 1. The number of aromatic nitrogens is 2. The van der Waals surface area contributed by atoms with E-state index in [2.05, 4.69) is 39.9 Å². The van der Waals surface area contributed by atoms with Crippen LogP contribution in [-0.2, 0) is 0 Å². The molecule has 0 unspecified atom stereocenters. The van der Waals surface area contributed by atoms with E-state index < -0.39 is 0 Å². The quantitative estimate of drug-likeness (QED) is 0.593. The van der Waals surface area contributed by atoms with Gasteiger partial charge in [-0.25, -0.2) is 4.98 Å². The summed E-state index contributed by atoms with van der Waals surface area (Å²) in [5.74, 6) is 0.276. The summed E-state index contributed by atoms with van der Waals surface area (Å²) in [5, 5.41) is 9.39. The van der Waals surface area contributed by atoms with Crippen LogP contribution in [0.15, 0.2) is 79.1 Å². The Kier molecular flexibility index (Phi) is 2.90. The first kappa shape index (κ1) is 12.7. The molecule has 3 heteroatoms. The van der Waals surface area contributed by atoms with Gasteiger partial charge in [-0.15, -0.1) is 0 Å². The lowest BCUT2D eigenvalue weighted by Gasteiger charge is -2.05. The van der Waals surface area contributed by atoms with E-state index in [4.69, 9.17) is 0 Å². The molecule has 0 aliphatic heterocycles. The molecule has 106 valence electrons. The number of rotatable bonds is 2. The molecule has 4 rings (SSSR count). The molecule has 1 heterocycles. The van der Waals surface area contributed by atoms with Crippen LogP contribution in [-0.4, -0.2) is 14.7 Å². The number of aromatic hydroxyl groups is 1. The van der Waals surface area contributed by atoms with Crippen LogP contribution in [0, 0.1) is 0 Å². The fraction of sp³-hybridized carbons (Fsp3) is 0. The summed E-state index contributed by atoms with van der Waals surface area (Å²) >= 11 is 0. The number of imidazole rings is 1. The van der Waals surface area contributed by atoms with Crippen molar-refractivity contribution in [3.8, 4) is 22.6 Å². The number of benzene rings is 3. The van der Waals surface area contributed by atoms with Gasteiger partial charge in [0.15, 0.2) is 0 Å². The van der Waals surface area contributed by atoms with Crippen molar-refractivity contribution in [2.45, 2.75) is 0 Å². The standard InChI is InChI=1S/C19H14N2O/c22-17-9-6-14(7-10-17)15-8-11-19-18(12-15)20-13-21(19)16-4-2-1-3-5-16/h1-13,22H. The molecule has 0 fully saturated rings. The molecule has 0 saturated heterocycles. The average Bonchev–Trinajstić information content (AvgIpc) is 2.99. The van der Waals surface area contributed by atoms with E-state index in [9.17, 15) is 5.11 Å². The van der Waals surface area contributed by atoms with Crippen LogP contribution >= 0.6 is 0 Å². The molecule has 0 aliphatic rings. The maximum absolute atomic E-state index is 9.39. The second kappa shape index (κ2) is 5.04. The molecule has 0 aliphatic carbocycles. The van der Waals surface area contributed by atoms with Gasteiger partial charge in [0.1, 0.15) is 12.1 Å². The van der Waals surface area contributed by atoms with Gasteiger partial charge in [-0.05, 0) is 47.5 Å². The lowest BCUT2D eigenvalue weighted by molar-refractivity contribution is 0.475. The maximum Gasteiger partial charge on any atom is 0.115 e. The van der Waals surface area contributed by atoms with Crippen LogP contribution in [0.3, 0.4) is 0 Å². The number of phenolic OH excluding ortho intramolecular Hbond substituents is 1. The highest BCUT2D eigenvalue weighted by Crippen LogP contribution is 2.26. The van der Waals surface area contributed by atoms with Crippen molar-refractivity contribution in [2.24, 2.45) is 0 Å². The zero-order valence-electron chi connectivity index (χ0n) is 11.8. The molecule has 0 amide bonds. The first-order valence-corrected chi connectivity index (χ1v) is 7.13. The summed E-state index contributed by atoms with van der Waals surface area (Å²) in [6.07, 6.45) is 1.85. The van der Waals surface area contributed by atoms with Gasteiger partial charge in [0.2, 0.25) is 0 Å². The number of hydrogen-bond acceptors (Lipinski definition) is 2. The van der Waals surface area contributed by atoms with E-state index in [0.29, 0.717) is 0 Å². The molecule has 0 spiro atoms. The fourth-order valence-electron chi connectivity index (χ4n) is 2.64. The van der Waals surface area contributed by atoms with Gasteiger partial charge < -0.3 is 5.11 Å². The van der Waals surface area contributed by atoms with Crippen molar-refractivity contribution in [2.75, 3.05) is 0 Å². The van der Waals surface area contributed by atoms with Crippen molar-refractivity contribution in [1.82, 2.24) is 9.55 Å². The Bertz CT molecular complexity index is 925. The summed E-state index contributed by atoms with van der Waals surface area (Å²) < 4.78 is 2.08. The van der Waals surface area contributed by atoms with Crippen molar-refractivity contribution in [3.63, 3.8) is 0 Å². The van der Waals surface area contributed by atoms with Gasteiger partial charge in [0, 0.05) is 5.69 Å². The molecular formula is C19H14N2O. The smallest absolute Gasteiger partial charge is 0.115 e. The van der Waals surface area contributed by atoms with E-state index in [0.717, 1.165) is 27.8 Å². The van der Waals surface area contributed by atoms with Crippen molar-refractivity contribution in [3.05, 3.63) is 79.1 Å². The molecule has 0 bridgehead atoms. The van der Waals surface area contributed by atoms with E-state index in [1.54, 1.807) is 12.1 Å². The van der Waals surface area contributed by atoms with Gasteiger partial charge in [-0.1, -0.05) is 36.4 Å². The van der Waals surface area contributed by atoms with Crippen LogP contribution in [0.1, 0.15) is 0 Å². The second-order valence-electron chi connectivity index (χ2n) is 5.20. The highest BCUT2D eigenvalue weighted by molar-refractivity contribution is 5.83. The molecule has 4 aromatic rings. The third-order valence-corrected chi connectivity index (χ3v) is 3.78. The summed E-state index contributed by atoms with van der Waals surface area (Å²) in [4.78, 5) is 4.51. The minimum atomic E-state index is 0.276. The number of hydrogen-bond donors (Lipinski definition) is 1. The average molecular weight is 286 g/mol. The summed E-state index contributed by atoms with van der Waals surface area (Å²) in [5.41, 5.74) is 5.28. The van der Waals surface area contributed by atoms with Gasteiger partial charge in [-0.2, -0.15) is 0 Å². The zero-order chi connectivity index (χ0) is 14.9. The van der Waals surface area contributed by atoms with Crippen LogP contribution < -0.4 is 0 Å². The Labute approximate surface area is 128 Å². The first-order valence-electron chi connectivity index (χ1n) is 7.13. The summed E-state index contributed by atoms with van der Waals surface area (Å²) in [6, 6.07) is 23.6. The molecule has 0 atom stereocenters. The zero-order valence-corrected chi connectivity index (χ0v) is 11.8. The van der Waals surface area contributed by atoms with Gasteiger partial charge >= 0.3 is 0 Å². The SMILES string of the molecule is Oc1ccc(-c2ccc3c(c2)ncn3-c2ccccc2)cc1. The topological polar surface area (TPSA) is 38.1 Å². The van der Waals surface area contributed by atoms with Crippen molar-refractivity contribution >= 4 is 11.0 Å². The monoisotopic (exact) mass is 286 g/mol. The Morgan fingerprint density at radius 3 is 2.27 bits per heavy atom. The van der Waals surface area contributed by atoms with Gasteiger partial charge in [-0.3, -0.25) is 4.57 Å². The lowest BCUT2D eigenvalue weighted by Crippen LogP contribution is -1.90. The normalized spacial score (nSPS) is 10.9. The van der Waals surface area contributed by atoms with Crippen molar-refractivity contribution < 1.29 is 5.11 Å². The minimum absolute atomic E-state index is 0.276. The summed E-state index contributed by atoms with van der Waals surface area (Å²) in [7, 11) is 0. The van der Waals surface area contributed by atoms with Crippen LogP contribution in [0.25, 0.3) is 27.8 Å². The Morgan fingerprint density at radius 1 is 0.773 bits per heavy atom. The second-order valence-corrected chi connectivity index (χ2v) is 5.20. The lowest BCUT2D eigenvalue weighted by atomic mass is 10.1. The number of phenols is 1. The largest absolute Gasteiger partial charge is 0.508 e. The fourth-order valence-corrected chi connectivity index (χ4v) is 2.64. The van der Waals surface area contributed by atoms with Crippen LogP contribution in [0.4, 0.5) is 0 Å². The third kappa shape index (κ3) is 2.13. The predicted octanol–water partition coefficient (Wildman–Crippen LogP) is 4.40. The third-order valence-electron chi connectivity index (χ3n) is 3.78. The molecule has 1 aromatic heterocycles. The highest BCUT2D eigenvalue weighted by Gasteiger charge is 2.06. The molecule has 3 nitrogen and oxygen atoms in total. The Hall–Kier alpha value is -3.07. The van der Waals surface area contributed by atoms with E-state index >= 15 is 0 Å². The van der Waals surface area contributed by atoms with Gasteiger partial charge in [0.25, 0.3) is 0 Å². The number of nitrogens with zero attached hydrogens (tertiary/aromatic N) is 2. The van der Waals surface area contributed by atoms with Crippen molar-refractivity contribution in [1.29, 1.82) is 0 Å². The Morgan fingerprint density at radius 2 is 1.50 bits per heavy atom. The molecule has 0 saturated carbocycles. The molecule has 0 radical (unpaired) electrons. The van der Waals surface area contributed by atoms with E-state index in [1.807, 2.05) is 36.7 Å². The first-order chi connectivity index (χ1) is 10.8. The minimum Gasteiger partial charge on any atom is -0.508 e. The molecular weight excluding hydrogens is 272 g/mol. The Balaban J connectivity index is 1.82. The van der Waals surface area contributed by atoms with Crippen LogP contribution in [0.5, 0.6) is 5.75 Å². The van der Waals surface area contributed by atoms with Crippen LogP contribution in [0.2, 0.25) is 0 Å². The number of fused-ring (bicyclic) bond motifs is 1. The molecule has 1 N–H and O–H groups in total. The van der Waals surface area contributed by atoms with E-state index in [1.165, 1.54) is 0 Å². The summed E-state index contributed by atoms with van der Waals surface area (Å²) in [6.45, 7) is 0. The molecule has 22 heavy (non-hydrogen) atoms. The highest BCUT2D eigenvalue weighted by atomic mass is 16.3. The van der Waals surface area contributed by atoms with E-state index in [-0.39, 0.29) is 5.75 Å².